The van der Waals surface area contributed by atoms with Crippen LogP contribution in [0.4, 0.5) is 4.39 Å². The van der Waals surface area contributed by atoms with E-state index >= 15 is 0 Å². The minimum absolute atomic E-state index is 0.00343. The Morgan fingerprint density at radius 1 is 1.00 bits per heavy atom. The molecular weight excluding hydrogens is 347 g/mol. The van der Waals surface area contributed by atoms with E-state index in [1.807, 2.05) is 0 Å². The van der Waals surface area contributed by atoms with E-state index in [4.69, 9.17) is 11.6 Å². The topological polar surface area (TPSA) is 34.1 Å². The van der Waals surface area contributed by atoms with Crippen molar-refractivity contribution < 1.29 is 14.0 Å². The van der Waals surface area contributed by atoms with E-state index in [0.29, 0.717) is 11.1 Å². The fourth-order valence-corrected chi connectivity index (χ4v) is 3.13. The number of carbonyl (C=O) groups is 2. The minimum Gasteiger partial charge on any atom is -0.293 e. The van der Waals surface area contributed by atoms with Crippen LogP contribution in [0.25, 0.3) is 0 Å². The number of ketones is 2. The summed E-state index contributed by atoms with van der Waals surface area (Å²) in [4.78, 5) is 24.7. The van der Waals surface area contributed by atoms with Crippen LogP contribution in [0.1, 0.15) is 32.2 Å². The zero-order valence-corrected chi connectivity index (χ0v) is 12.3. The summed E-state index contributed by atoms with van der Waals surface area (Å²) in [7, 11) is 0. The lowest BCUT2D eigenvalue weighted by Crippen LogP contribution is -2.15. The zero-order chi connectivity index (χ0) is 14.4. The molecule has 0 unspecified atom stereocenters. The molecule has 20 heavy (non-hydrogen) atoms. The van der Waals surface area contributed by atoms with Crippen LogP contribution in [0.5, 0.6) is 0 Å². The molecule has 5 heteroatoms. The monoisotopic (exact) mass is 352 g/mol. The number of fused-ring (bicyclic) bond motifs is 1. The lowest BCUT2D eigenvalue weighted by Gasteiger charge is -2.12. The lowest BCUT2D eigenvalue weighted by molar-refractivity contribution is 0.0887. The van der Waals surface area contributed by atoms with Gasteiger partial charge in [-0.1, -0.05) is 35.9 Å². The van der Waals surface area contributed by atoms with Crippen molar-refractivity contribution in [3.05, 3.63) is 68.4 Å². The number of rotatable bonds is 1. The molecule has 0 aliphatic heterocycles. The van der Waals surface area contributed by atoms with Gasteiger partial charge < -0.3 is 0 Å². The van der Waals surface area contributed by atoms with Crippen LogP contribution in [0.3, 0.4) is 0 Å². The van der Waals surface area contributed by atoms with Crippen LogP contribution in [-0.2, 0) is 0 Å². The Balaban J connectivity index is 2.22. The summed E-state index contributed by atoms with van der Waals surface area (Å²) in [6.07, 6.45) is 0. The molecule has 100 valence electrons. The maximum Gasteiger partial charge on any atom is 0.179 e. The third-order valence-corrected chi connectivity index (χ3v) is 4.75. The van der Waals surface area contributed by atoms with Crippen molar-refractivity contribution >= 4 is 39.1 Å². The van der Waals surface area contributed by atoms with E-state index in [0.717, 1.165) is 6.07 Å². The van der Waals surface area contributed by atoms with Gasteiger partial charge in [0.25, 0.3) is 0 Å². The summed E-state index contributed by atoms with van der Waals surface area (Å²) < 4.78 is 14.3. The number of Topliss-reactive ketones (excluding diaryl/α,β-unsaturated/α-hetero) is 2. The molecule has 0 saturated heterocycles. The van der Waals surface area contributed by atoms with Crippen LogP contribution in [0, 0.1) is 5.82 Å². The van der Waals surface area contributed by atoms with Crippen molar-refractivity contribution in [2.24, 2.45) is 0 Å². The highest BCUT2D eigenvalue weighted by Crippen LogP contribution is 2.40. The second-order valence-electron chi connectivity index (χ2n) is 4.46. The lowest BCUT2D eigenvalue weighted by atomic mass is 9.94. The van der Waals surface area contributed by atoms with Crippen molar-refractivity contribution in [2.75, 3.05) is 0 Å². The molecule has 2 nitrogen and oxygen atoms in total. The number of hydrogen-bond donors (Lipinski definition) is 0. The summed E-state index contributed by atoms with van der Waals surface area (Å²) in [5, 5.41) is 0.262. The van der Waals surface area contributed by atoms with Gasteiger partial charge in [-0.3, -0.25) is 9.59 Å². The first-order valence-corrected chi connectivity index (χ1v) is 7.00. The van der Waals surface area contributed by atoms with Crippen LogP contribution in [-0.4, -0.2) is 11.6 Å². The van der Waals surface area contributed by atoms with Crippen LogP contribution < -0.4 is 0 Å². The molecule has 0 bridgehead atoms. The van der Waals surface area contributed by atoms with E-state index < -0.39 is 23.3 Å². The summed E-state index contributed by atoms with van der Waals surface area (Å²) in [6.45, 7) is 0. The summed E-state index contributed by atoms with van der Waals surface area (Å²) in [5.74, 6) is -2.58. The van der Waals surface area contributed by atoms with Gasteiger partial charge in [0, 0.05) is 21.2 Å². The van der Waals surface area contributed by atoms with E-state index in [2.05, 4.69) is 15.9 Å². The molecule has 0 heterocycles. The molecule has 0 amide bonds. The third kappa shape index (κ3) is 1.83. The van der Waals surface area contributed by atoms with Gasteiger partial charge >= 0.3 is 0 Å². The molecule has 0 spiro atoms. The predicted molar refractivity (Wildman–Crippen MR) is 77.0 cm³/mol. The molecule has 3 rings (SSSR count). The Morgan fingerprint density at radius 2 is 1.55 bits per heavy atom. The van der Waals surface area contributed by atoms with Gasteiger partial charge in [0.15, 0.2) is 11.6 Å². The molecule has 0 atom stereocenters. The SMILES string of the molecule is O=C1c2ccccc2C(=O)C1c1c(F)ccc(Cl)c1Br. The standard InChI is InChI=1S/C15H7BrClFO2/c16-13-9(17)5-6-10(18)11(13)12-14(19)7-3-1-2-4-8(7)15(12)20/h1-6,12H. The fourth-order valence-electron chi connectivity index (χ4n) is 2.41. The normalized spacial score (nSPS) is 14.8. The summed E-state index contributed by atoms with van der Waals surface area (Å²) in [6, 6.07) is 9.04. The maximum atomic E-state index is 14.1. The quantitative estimate of drug-likeness (QED) is 0.562. The molecule has 1 aliphatic rings. The average Bonchev–Trinajstić information content (AvgIpc) is 2.69. The molecule has 2 aromatic carbocycles. The zero-order valence-electron chi connectivity index (χ0n) is 9.99. The summed E-state index contributed by atoms with van der Waals surface area (Å²) in [5.41, 5.74) is 0.659. The van der Waals surface area contributed by atoms with Gasteiger partial charge in [0.2, 0.25) is 0 Å². The van der Waals surface area contributed by atoms with Gasteiger partial charge in [-0.2, -0.15) is 0 Å². The van der Waals surface area contributed by atoms with E-state index in [1.54, 1.807) is 24.3 Å². The van der Waals surface area contributed by atoms with Crippen molar-refractivity contribution in [1.82, 2.24) is 0 Å². The van der Waals surface area contributed by atoms with Crippen molar-refractivity contribution in [3.8, 4) is 0 Å². The molecule has 2 aromatic rings. The van der Waals surface area contributed by atoms with Crippen molar-refractivity contribution in [2.45, 2.75) is 5.92 Å². The number of hydrogen-bond acceptors (Lipinski definition) is 2. The van der Waals surface area contributed by atoms with E-state index in [-0.39, 0.29) is 15.1 Å². The second-order valence-corrected chi connectivity index (χ2v) is 5.66. The van der Waals surface area contributed by atoms with E-state index in [1.165, 1.54) is 6.07 Å². The molecule has 0 radical (unpaired) electrons. The van der Waals surface area contributed by atoms with Gasteiger partial charge in [-0.05, 0) is 28.1 Å². The van der Waals surface area contributed by atoms with Crippen molar-refractivity contribution in [1.29, 1.82) is 0 Å². The first-order valence-electron chi connectivity index (χ1n) is 5.83. The number of carbonyl (C=O) groups excluding carboxylic acids is 2. The molecule has 1 aliphatic carbocycles. The molecule has 0 fully saturated rings. The van der Waals surface area contributed by atoms with Gasteiger partial charge in [0.05, 0.1) is 5.02 Å². The maximum absolute atomic E-state index is 14.1. The molecule has 0 N–H and O–H groups in total. The molecule has 0 saturated carbocycles. The first kappa shape index (κ1) is 13.5. The predicted octanol–water partition coefficient (Wildman–Crippen LogP) is 4.40. The highest BCUT2D eigenvalue weighted by molar-refractivity contribution is 9.10. The van der Waals surface area contributed by atoms with Crippen molar-refractivity contribution in [3.63, 3.8) is 0 Å². The Kier molecular flexibility index (Phi) is 3.22. The van der Waals surface area contributed by atoms with Crippen LogP contribution in [0.2, 0.25) is 5.02 Å². The Hall–Kier alpha value is -1.52. The average molecular weight is 354 g/mol. The first-order chi connectivity index (χ1) is 9.52. The van der Waals surface area contributed by atoms with Crippen LogP contribution >= 0.6 is 27.5 Å². The largest absolute Gasteiger partial charge is 0.293 e. The summed E-state index contributed by atoms with van der Waals surface area (Å²) >= 11 is 9.10. The Morgan fingerprint density at radius 3 is 2.10 bits per heavy atom. The number of halogens is 3. The Bertz CT molecular complexity index is 723. The van der Waals surface area contributed by atoms with Gasteiger partial charge in [0.1, 0.15) is 11.7 Å². The fraction of sp³-hybridized carbons (Fsp3) is 0.0667. The third-order valence-electron chi connectivity index (χ3n) is 3.35. The highest BCUT2D eigenvalue weighted by atomic mass is 79.9. The van der Waals surface area contributed by atoms with Gasteiger partial charge in [-0.25, -0.2) is 4.39 Å². The minimum atomic E-state index is -1.17. The second kappa shape index (κ2) is 4.79. The molecular formula is C15H7BrClFO2. The van der Waals surface area contributed by atoms with E-state index in [9.17, 15) is 14.0 Å². The smallest absolute Gasteiger partial charge is 0.179 e. The number of benzene rings is 2. The van der Waals surface area contributed by atoms with Crippen LogP contribution in [0.15, 0.2) is 40.9 Å². The Labute approximate surface area is 127 Å². The highest BCUT2D eigenvalue weighted by Gasteiger charge is 2.41. The van der Waals surface area contributed by atoms with Gasteiger partial charge in [-0.15, -0.1) is 0 Å². The molecule has 0 aromatic heterocycles.